The standard InChI is InChI=1S/C16H20N2OS3/c1-16(12-17,9-8-14(19)18-10-5-11-20)22-15(21)13-6-3-2-4-7-13/h2-4,6-7,20H,5,8-11H2,1H3,(H,18,19). The normalized spacial score (nSPS) is 13.0. The molecular weight excluding hydrogens is 332 g/mol. The van der Waals surface area contributed by atoms with Gasteiger partial charge in [-0.25, -0.2) is 0 Å². The maximum absolute atomic E-state index is 11.7. The minimum absolute atomic E-state index is 0.0329. The summed E-state index contributed by atoms with van der Waals surface area (Å²) in [5, 5.41) is 12.3. The zero-order chi connectivity index (χ0) is 16.4. The van der Waals surface area contributed by atoms with Crippen LogP contribution >= 0.6 is 36.6 Å². The number of thiocarbonyl (C=S) groups is 1. The quantitative estimate of drug-likeness (QED) is 0.426. The number of nitrogens with one attached hydrogen (secondary N) is 1. The molecule has 0 heterocycles. The van der Waals surface area contributed by atoms with E-state index >= 15 is 0 Å². The summed E-state index contributed by atoms with van der Waals surface area (Å²) >= 11 is 10.8. The molecule has 0 bridgehead atoms. The van der Waals surface area contributed by atoms with Crippen molar-refractivity contribution in [1.82, 2.24) is 5.32 Å². The van der Waals surface area contributed by atoms with Crippen molar-refractivity contribution in [2.45, 2.75) is 30.9 Å². The predicted octanol–water partition coefficient (Wildman–Crippen LogP) is 3.59. The molecule has 0 aliphatic carbocycles. The molecule has 3 nitrogen and oxygen atoms in total. The van der Waals surface area contributed by atoms with E-state index in [4.69, 9.17) is 12.2 Å². The summed E-state index contributed by atoms with van der Waals surface area (Å²) in [5.41, 5.74) is 0.933. The number of nitrogens with zero attached hydrogens (tertiary/aromatic N) is 1. The Hall–Kier alpha value is -1.03. The Labute approximate surface area is 147 Å². The van der Waals surface area contributed by atoms with Crippen molar-refractivity contribution in [1.29, 1.82) is 5.26 Å². The van der Waals surface area contributed by atoms with Crippen molar-refractivity contribution >= 4 is 46.7 Å². The van der Waals surface area contributed by atoms with Gasteiger partial charge in [0, 0.05) is 13.0 Å². The van der Waals surface area contributed by atoms with Crippen LogP contribution in [0.5, 0.6) is 0 Å². The van der Waals surface area contributed by atoms with Gasteiger partial charge in [0.1, 0.15) is 4.75 Å². The first kappa shape index (κ1) is 19.0. The molecule has 0 aromatic heterocycles. The van der Waals surface area contributed by atoms with Gasteiger partial charge in [0.2, 0.25) is 5.91 Å². The van der Waals surface area contributed by atoms with E-state index in [-0.39, 0.29) is 5.91 Å². The van der Waals surface area contributed by atoms with E-state index in [1.807, 2.05) is 37.3 Å². The van der Waals surface area contributed by atoms with Crippen LogP contribution in [-0.4, -0.2) is 27.1 Å². The number of nitriles is 1. The van der Waals surface area contributed by atoms with E-state index in [1.54, 1.807) is 0 Å². The molecule has 1 aromatic rings. The fourth-order valence-electron chi connectivity index (χ4n) is 1.71. The largest absolute Gasteiger partial charge is 0.356 e. The smallest absolute Gasteiger partial charge is 0.220 e. The van der Waals surface area contributed by atoms with Crippen molar-refractivity contribution in [2.75, 3.05) is 12.3 Å². The SMILES string of the molecule is CC(C#N)(CCC(=O)NCCCS)SC(=S)c1ccccc1. The first-order valence-electron chi connectivity index (χ1n) is 7.08. The number of carbonyl (C=O) groups is 1. The molecule has 6 heteroatoms. The highest BCUT2D eigenvalue weighted by Crippen LogP contribution is 2.32. The second kappa shape index (κ2) is 9.88. The van der Waals surface area contributed by atoms with Crippen LogP contribution in [-0.2, 0) is 4.79 Å². The second-order valence-corrected chi connectivity index (χ2v) is 7.65. The van der Waals surface area contributed by atoms with Crippen LogP contribution in [0.25, 0.3) is 0 Å². The summed E-state index contributed by atoms with van der Waals surface area (Å²) in [6.07, 6.45) is 1.63. The molecule has 1 unspecified atom stereocenters. The average molecular weight is 353 g/mol. The van der Waals surface area contributed by atoms with E-state index in [1.165, 1.54) is 11.8 Å². The topological polar surface area (TPSA) is 52.9 Å². The molecule has 1 rings (SSSR count). The van der Waals surface area contributed by atoms with Gasteiger partial charge >= 0.3 is 0 Å². The first-order chi connectivity index (χ1) is 10.5. The molecular formula is C16H20N2OS3. The van der Waals surface area contributed by atoms with Crippen molar-refractivity contribution in [3.8, 4) is 6.07 Å². The summed E-state index contributed by atoms with van der Waals surface area (Å²) < 4.78 is -0.0199. The molecule has 118 valence electrons. The van der Waals surface area contributed by atoms with E-state index in [0.717, 1.165) is 17.7 Å². The van der Waals surface area contributed by atoms with Gasteiger partial charge in [-0.1, -0.05) is 54.3 Å². The third-order valence-electron chi connectivity index (χ3n) is 3.05. The van der Waals surface area contributed by atoms with Gasteiger partial charge in [0.05, 0.1) is 10.3 Å². The van der Waals surface area contributed by atoms with Gasteiger partial charge in [-0.15, -0.1) is 0 Å². The highest BCUT2D eigenvalue weighted by atomic mass is 32.2. The molecule has 0 saturated carbocycles. The highest BCUT2D eigenvalue weighted by molar-refractivity contribution is 8.24. The molecule has 0 aliphatic rings. The van der Waals surface area contributed by atoms with Crippen molar-refractivity contribution in [3.63, 3.8) is 0 Å². The summed E-state index contributed by atoms with van der Waals surface area (Å²) in [5.74, 6) is 0.715. The molecule has 0 spiro atoms. The molecule has 1 amide bonds. The molecule has 22 heavy (non-hydrogen) atoms. The van der Waals surface area contributed by atoms with E-state index < -0.39 is 4.75 Å². The Bertz CT molecular complexity index is 542. The molecule has 0 saturated heterocycles. The maximum atomic E-state index is 11.7. The van der Waals surface area contributed by atoms with Crippen molar-refractivity contribution in [2.24, 2.45) is 0 Å². The number of thioether (sulfide) groups is 1. The van der Waals surface area contributed by atoms with E-state index in [2.05, 4.69) is 24.0 Å². The minimum Gasteiger partial charge on any atom is -0.356 e. The van der Waals surface area contributed by atoms with Gasteiger partial charge in [0.15, 0.2) is 0 Å². The zero-order valence-electron chi connectivity index (χ0n) is 12.5. The Morgan fingerprint density at radius 3 is 2.73 bits per heavy atom. The second-order valence-electron chi connectivity index (χ2n) is 5.03. The van der Waals surface area contributed by atoms with Gasteiger partial charge < -0.3 is 5.32 Å². The number of hydrogen-bond acceptors (Lipinski definition) is 5. The van der Waals surface area contributed by atoms with E-state index in [9.17, 15) is 10.1 Å². The van der Waals surface area contributed by atoms with Crippen LogP contribution in [0, 0.1) is 11.3 Å². The van der Waals surface area contributed by atoms with Gasteiger partial charge in [-0.2, -0.15) is 17.9 Å². The molecule has 0 fully saturated rings. The summed E-state index contributed by atoms with van der Waals surface area (Å²) in [6, 6.07) is 11.9. The number of benzene rings is 1. The Kier molecular flexibility index (Phi) is 8.54. The van der Waals surface area contributed by atoms with Gasteiger partial charge in [0.25, 0.3) is 0 Å². The molecule has 1 atom stereocenters. The van der Waals surface area contributed by atoms with Crippen LogP contribution < -0.4 is 5.32 Å². The number of thiol groups is 1. The third kappa shape index (κ3) is 6.82. The molecule has 0 radical (unpaired) electrons. The zero-order valence-corrected chi connectivity index (χ0v) is 15.1. The Balaban J connectivity index is 2.52. The fourth-order valence-corrected chi connectivity index (χ4v) is 3.47. The monoisotopic (exact) mass is 352 g/mol. The lowest BCUT2D eigenvalue weighted by Gasteiger charge is -2.21. The van der Waals surface area contributed by atoms with Gasteiger partial charge in [-0.3, -0.25) is 4.79 Å². The lowest BCUT2D eigenvalue weighted by molar-refractivity contribution is -0.121. The highest BCUT2D eigenvalue weighted by Gasteiger charge is 2.27. The number of carbonyl (C=O) groups excluding carboxylic acids is 1. The number of amides is 1. The first-order valence-corrected chi connectivity index (χ1v) is 8.93. The maximum Gasteiger partial charge on any atom is 0.220 e. The van der Waals surface area contributed by atoms with Crippen LogP contribution in [0.2, 0.25) is 0 Å². The summed E-state index contributed by atoms with van der Waals surface area (Å²) in [4.78, 5) is 11.7. The lowest BCUT2D eigenvalue weighted by Crippen LogP contribution is -2.28. The summed E-state index contributed by atoms with van der Waals surface area (Å²) in [7, 11) is 0. The summed E-state index contributed by atoms with van der Waals surface area (Å²) in [6.45, 7) is 2.45. The van der Waals surface area contributed by atoms with Crippen LogP contribution in [0.4, 0.5) is 0 Å². The lowest BCUT2D eigenvalue weighted by atomic mass is 10.1. The third-order valence-corrected chi connectivity index (χ3v) is 5.02. The van der Waals surface area contributed by atoms with Crippen LogP contribution in [0.1, 0.15) is 31.7 Å². The molecule has 0 aliphatic heterocycles. The predicted molar refractivity (Wildman–Crippen MR) is 100 cm³/mol. The van der Waals surface area contributed by atoms with Crippen LogP contribution in [0.15, 0.2) is 30.3 Å². The number of hydrogen-bond donors (Lipinski definition) is 2. The fraction of sp³-hybridized carbons (Fsp3) is 0.438. The van der Waals surface area contributed by atoms with Crippen LogP contribution in [0.3, 0.4) is 0 Å². The van der Waals surface area contributed by atoms with Gasteiger partial charge in [-0.05, 0) is 31.1 Å². The number of rotatable bonds is 8. The van der Waals surface area contributed by atoms with Crippen molar-refractivity contribution < 1.29 is 4.79 Å². The molecule has 1 aromatic carbocycles. The van der Waals surface area contributed by atoms with Crippen molar-refractivity contribution in [3.05, 3.63) is 35.9 Å². The van der Waals surface area contributed by atoms with E-state index in [0.29, 0.717) is 23.6 Å². The minimum atomic E-state index is -0.701. The average Bonchev–Trinajstić information content (AvgIpc) is 2.54. The Morgan fingerprint density at radius 1 is 1.45 bits per heavy atom. The Morgan fingerprint density at radius 2 is 2.14 bits per heavy atom. The molecule has 1 N–H and O–H groups in total.